The van der Waals surface area contributed by atoms with E-state index in [2.05, 4.69) is 11.8 Å². The van der Waals surface area contributed by atoms with Crippen molar-refractivity contribution in [2.75, 3.05) is 13.2 Å². The van der Waals surface area contributed by atoms with Crippen LogP contribution in [0.15, 0.2) is 0 Å². The minimum Gasteiger partial charge on any atom is -0.353 e. The molecule has 3 nitrogen and oxygen atoms in total. The van der Waals surface area contributed by atoms with Crippen LogP contribution in [0.2, 0.25) is 0 Å². The topological polar surface area (TPSA) is 35.5 Å². The second kappa shape index (κ2) is 14.2. The van der Waals surface area contributed by atoms with Crippen LogP contribution in [0.4, 0.5) is 0 Å². The molecule has 0 spiro atoms. The molecule has 0 aromatic rings. The van der Waals surface area contributed by atoms with E-state index < -0.39 is 0 Å². The van der Waals surface area contributed by atoms with Crippen molar-refractivity contribution in [3.63, 3.8) is 0 Å². The highest BCUT2D eigenvalue weighted by molar-refractivity contribution is 5.72. The maximum absolute atomic E-state index is 9.65. The van der Waals surface area contributed by atoms with Crippen molar-refractivity contribution in [3.05, 3.63) is 0 Å². The maximum atomic E-state index is 9.65. The van der Waals surface area contributed by atoms with Crippen LogP contribution in [0.1, 0.15) is 41.0 Å². The van der Waals surface area contributed by atoms with E-state index in [1.54, 1.807) is 0 Å². The van der Waals surface area contributed by atoms with Gasteiger partial charge in [0, 0.05) is 19.1 Å². The molecule has 0 aromatic heterocycles. The van der Waals surface area contributed by atoms with Crippen molar-refractivity contribution in [1.82, 2.24) is 0 Å². The summed E-state index contributed by atoms with van der Waals surface area (Å²) >= 11 is 0. The molecule has 1 atom stereocenters. The van der Waals surface area contributed by atoms with Crippen LogP contribution in [-0.2, 0) is 14.3 Å². The molecule has 0 fully saturated rings. The first kappa shape index (κ1) is 17.5. The molecule has 94 valence electrons. The van der Waals surface area contributed by atoms with Crippen LogP contribution >= 0.6 is 0 Å². The average Bonchev–Trinajstić information content (AvgIpc) is 2.27. The quantitative estimate of drug-likeness (QED) is 0.412. The van der Waals surface area contributed by atoms with E-state index in [1.807, 2.05) is 34.6 Å². The lowest BCUT2D eigenvalue weighted by Gasteiger charge is -2.09. The highest BCUT2D eigenvalue weighted by atomic mass is 16.7. The van der Waals surface area contributed by atoms with Gasteiger partial charge in [0.15, 0.2) is 12.6 Å². The molecule has 0 saturated carbocycles. The molecule has 0 heterocycles. The van der Waals surface area contributed by atoms with Crippen molar-refractivity contribution in [3.8, 4) is 11.8 Å². The SMILES string of the molecule is CCC(C)C#CC=O.CCOC(C)OCC. The van der Waals surface area contributed by atoms with E-state index >= 15 is 0 Å². The van der Waals surface area contributed by atoms with E-state index in [-0.39, 0.29) is 6.29 Å². The lowest BCUT2D eigenvalue weighted by Crippen LogP contribution is -2.11. The molecule has 16 heavy (non-hydrogen) atoms. The van der Waals surface area contributed by atoms with Gasteiger partial charge in [-0.05, 0) is 33.1 Å². The Bertz CT molecular complexity index is 197. The van der Waals surface area contributed by atoms with Crippen molar-refractivity contribution < 1.29 is 14.3 Å². The molecule has 0 bridgehead atoms. The molecule has 0 radical (unpaired) electrons. The summed E-state index contributed by atoms with van der Waals surface area (Å²) in [5.74, 6) is 5.49. The molecular weight excluding hydrogens is 204 g/mol. The van der Waals surface area contributed by atoms with Gasteiger partial charge < -0.3 is 9.47 Å². The number of hydrogen-bond acceptors (Lipinski definition) is 3. The van der Waals surface area contributed by atoms with Crippen LogP contribution in [0, 0.1) is 17.8 Å². The molecule has 0 aromatic carbocycles. The fraction of sp³-hybridized carbons (Fsp3) is 0.769. The molecule has 0 rings (SSSR count). The summed E-state index contributed by atoms with van der Waals surface area (Å²) in [4.78, 5) is 9.65. The Kier molecular flexibility index (Phi) is 15.5. The van der Waals surface area contributed by atoms with Gasteiger partial charge in [0.2, 0.25) is 0 Å². The first-order valence-corrected chi connectivity index (χ1v) is 5.80. The van der Waals surface area contributed by atoms with Gasteiger partial charge in [0.25, 0.3) is 0 Å². The third kappa shape index (κ3) is 15.6. The Morgan fingerprint density at radius 2 is 1.62 bits per heavy atom. The van der Waals surface area contributed by atoms with Crippen molar-refractivity contribution in [2.45, 2.75) is 47.3 Å². The molecule has 0 aliphatic heterocycles. The molecule has 0 amide bonds. The summed E-state index contributed by atoms with van der Waals surface area (Å²) in [5, 5.41) is 0. The molecule has 0 aliphatic carbocycles. The highest BCUT2D eigenvalue weighted by Gasteiger charge is 1.94. The molecule has 0 aliphatic rings. The van der Waals surface area contributed by atoms with Crippen LogP contribution in [0.5, 0.6) is 0 Å². The largest absolute Gasteiger partial charge is 0.353 e. The van der Waals surface area contributed by atoms with E-state index in [9.17, 15) is 4.79 Å². The van der Waals surface area contributed by atoms with Crippen molar-refractivity contribution >= 4 is 6.29 Å². The number of rotatable bonds is 5. The molecule has 3 heteroatoms. The number of aldehydes is 1. The van der Waals surface area contributed by atoms with Gasteiger partial charge in [-0.15, -0.1) is 0 Å². The lowest BCUT2D eigenvalue weighted by atomic mass is 10.1. The normalized spacial score (nSPS) is 10.9. The van der Waals surface area contributed by atoms with Crippen LogP contribution in [-0.4, -0.2) is 25.8 Å². The summed E-state index contributed by atoms with van der Waals surface area (Å²) in [6.07, 6.45) is 1.61. The Morgan fingerprint density at radius 1 is 1.12 bits per heavy atom. The summed E-state index contributed by atoms with van der Waals surface area (Å²) in [7, 11) is 0. The molecule has 0 N–H and O–H groups in total. The standard InChI is InChI=1S/C7H10O.C6H14O2/c1-3-7(2)5-4-6-8;1-4-7-6(3)8-5-2/h6-7H,3H2,1-2H3;6H,4-5H2,1-3H3. The highest BCUT2D eigenvalue weighted by Crippen LogP contribution is 1.95. The Balaban J connectivity index is 0. The van der Waals surface area contributed by atoms with Gasteiger partial charge in [-0.1, -0.05) is 19.8 Å². The van der Waals surface area contributed by atoms with E-state index in [0.29, 0.717) is 12.2 Å². The maximum Gasteiger partial charge on any atom is 0.192 e. The summed E-state index contributed by atoms with van der Waals surface area (Å²) < 4.78 is 10.1. The number of carbonyl (C=O) groups excluding carboxylic acids is 1. The fourth-order valence-corrected chi connectivity index (χ4v) is 0.796. The van der Waals surface area contributed by atoms with Crippen molar-refractivity contribution in [2.24, 2.45) is 5.92 Å². The van der Waals surface area contributed by atoms with Gasteiger partial charge in [-0.2, -0.15) is 0 Å². The molecule has 1 unspecified atom stereocenters. The smallest absolute Gasteiger partial charge is 0.192 e. The number of carbonyl (C=O) groups is 1. The third-order valence-corrected chi connectivity index (χ3v) is 1.80. The fourth-order valence-electron chi connectivity index (χ4n) is 0.796. The van der Waals surface area contributed by atoms with E-state index in [4.69, 9.17) is 9.47 Å². The van der Waals surface area contributed by atoms with Crippen molar-refractivity contribution in [1.29, 1.82) is 0 Å². The van der Waals surface area contributed by atoms with E-state index in [1.165, 1.54) is 0 Å². The van der Waals surface area contributed by atoms with Crippen LogP contribution < -0.4 is 0 Å². The second-order valence-electron chi connectivity index (χ2n) is 3.19. The number of hydrogen-bond donors (Lipinski definition) is 0. The van der Waals surface area contributed by atoms with Gasteiger partial charge in [-0.25, -0.2) is 0 Å². The van der Waals surface area contributed by atoms with E-state index in [0.717, 1.165) is 19.6 Å². The Morgan fingerprint density at radius 3 is 1.94 bits per heavy atom. The first-order chi connectivity index (χ1) is 7.62. The first-order valence-electron chi connectivity index (χ1n) is 5.80. The summed E-state index contributed by atoms with van der Waals surface area (Å²) in [6, 6.07) is 0. The Labute approximate surface area is 99.5 Å². The van der Waals surface area contributed by atoms with Crippen LogP contribution in [0.3, 0.4) is 0 Å². The van der Waals surface area contributed by atoms with Gasteiger partial charge in [0.05, 0.1) is 0 Å². The number of ether oxygens (including phenoxy) is 2. The lowest BCUT2D eigenvalue weighted by molar-refractivity contribution is -0.123. The molecule has 0 saturated heterocycles. The summed E-state index contributed by atoms with van der Waals surface area (Å²) in [5.41, 5.74) is 0. The van der Waals surface area contributed by atoms with Gasteiger partial charge >= 0.3 is 0 Å². The van der Waals surface area contributed by atoms with Gasteiger partial charge in [-0.3, -0.25) is 4.79 Å². The zero-order valence-electron chi connectivity index (χ0n) is 11.1. The minimum atomic E-state index is -0.0370. The second-order valence-corrected chi connectivity index (χ2v) is 3.19. The van der Waals surface area contributed by atoms with Crippen LogP contribution in [0.25, 0.3) is 0 Å². The minimum absolute atomic E-state index is 0.0370. The van der Waals surface area contributed by atoms with Gasteiger partial charge in [0.1, 0.15) is 0 Å². The third-order valence-electron chi connectivity index (χ3n) is 1.80. The zero-order chi connectivity index (χ0) is 12.8. The predicted octanol–water partition coefficient (Wildman–Crippen LogP) is 2.64. The Hall–Kier alpha value is -0.850. The summed E-state index contributed by atoms with van der Waals surface area (Å²) in [6.45, 7) is 11.3. The average molecular weight is 228 g/mol. The molecular formula is C13H24O3. The zero-order valence-corrected chi connectivity index (χ0v) is 11.1. The predicted molar refractivity (Wildman–Crippen MR) is 66.0 cm³/mol. The monoisotopic (exact) mass is 228 g/mol.